The molecule has 1 aliphatic heterocycles. The van der Waals surface area contributed by atoms with Crippen LogP contribution in [0.25, 0.3) is 0 Å². The summed E-state index contributed by atoms with van der Waals surface area (Å²) >= 11 is 0. The molecule has 0 amide bonds. The molecule has 102 valence electrons. The van der Waals surface area contributed by atoms with Crippen molar-refractivity contribution in [3.8, 4) is 0 Å². The fourth-order valence-electron chi connectivity index (χ4n) is 2.56. The maximum Gasteiger partial charge on any atom is 0.0828 e. The summed E-state index contributed by atoms with van der Waals surface area (Å²) in [5, 5.41) is 6.77. The van der Waals surface area contributed by atoms with Gasteiger partial charge in [0.05, 0.1) is 17.4 Å². The van der Waals surface area contributed by atoms with Gasteiger partial charge in [-0.15, -0.1) is 0 Å². The van der Waals surface area contributed by atoms with E-state index in [9.17, 15) is 0 Å². The minimum Gasteiger partial charge on any atom is -0.325 e. The molecule has 1 aliphatic rings. The van der Waals surface area contributed by atoms with Crippen molar-refractivity contribution in [1.82, 2.24) is 0 Å². The van der Waals surface area contributed by atoms with Gasteiger partial charge < -0.3 is 5.73 Å². The molecule has 2 aromatic carbocycles. The summed E-state index contributed by atoms with van der Waals surface area (Å²) in [7, 11) is 0. The third kappa shape index (κ3) is 2.45. The summed E-state index contributed by atoms with van der Waals surface area (Å²) in [6, 6.07) is 19.2. The molecule has 0 spiro atoms. The molecule has 2 N–H and O–H groups in total. The van der Waals surface area contributed by atoms with E-state index in [0.29, 0.717) is 6.54 Å². The lowest BCUT2D eigenvalue weighted by Gasteiger charge is -2.24. The molecule has 0 radical (unpaired) electrons. The number of benzene rings is 2. The van der Waals surface area contributed by atoms with Crippen LogP contribution in [-0.2, 0) is 0 Å². The van der Waals surface area contributed by atoms with Crippen LogP contribution in [0.15, 0.2) is 59.7 Å². The SMILES string of the molecule is Cc1ccc(C2CC(CN)=NN2c2ccccc2)cc1. The van der Waals surface area contributed by atoms with Crippen LogP contribution in [0.4, 0.5) is 5.69 Å². The van der Waals surface area contributed by atoms with Crippen molar-refractivity contribution in [2.45, 2.75) is 19.4 Å². The highest BCUT2D eigenvalue weighted by Crippen LogP contribution is 2.34. The van der Waals surface area contributed by atoms with E-state index in [4.69, 9.17) is 5.73 Å². The molecule has 0 fully saturated rings. The first-order valence-electron chi connectivity index (χ1n) is 6.95. The zero-order valence-electron chi connectivity index (χ0n) is 11.7. The highest BCUT2D eigenvalue weighted by molar-refractivity contribution is 5.90. The van der Waals surface area contributed by atoms with E-state index in [0.717, 1.165) is 17.8 Å². The van der Waals surface area contributed by atoms with Crippen molar-refractivity contribution in [1.29, 1.82) is 0 Å². The lowest BCUT2D eigenvalue weighted by Crippen LogP contribution is -2.18. The molecule has 20 heavy (non-hydrogen) atoms. The average molecular weight is 265 g/mol. The standard InChI is InChI=1S/C17H19N3/c1-13-7-9-14(10-8-13)17-11-15(12-18)19-20(17)16-5-3-2-4-6-16/h2-10,17H,11-12,18H2,1H3. The smallest absolute Gasteiger partial charge is 0.0828 e. The van der Waals surface area contributed by atoms with Gasteiger partial charge in [0.25, 0.3) is 0 Å². The first-order valence-corrected chi connectivity index (χ1v) is 6.95. The monoisotopic (exact) mass is 265 g/mol. The highest BCUT2D eigenvalue weighted by atomic mass is 15.5. The van der Waals surface area contributed by atoms with Crippen LogP contribution in [-0.4, -0.2) is 12.3 Å². The summed E-state index contributed by atoms with van der Waals surface area (Å²) in [6.07, 6.45) is 0.897. The number of nitrogens with zero attached hydrogens (tertiary/aromatic N) is 2. The first-order chi connectivity index (χ1) is 9.78. The second kappa shape index (κ2) is 5.47. The molecule has 2 aromatic rings. The largest absolute Gasteiger partial charge is 0.325 e. The second-order valence-corrected chi connectivity index (χ2v) is 5.18. The van der Waals surface area contributed by atoms with Crippen LogP contribution in [0, 0.1) is 6.92 Å². The van der Waals surface area contributed by atoms with Gasteiger partial charge in [-0.1, -0.05) is 48.0 Å². The lowest BCUT2D eigenvalue weighted by molar-refractivity contribution is 0.708. The summed E-state index contributed by atoms with van der Waals surface area (Å²) in [4.78, 5) is 0. The van der Waals surface area contributed by atoms with E-state index in [-0.39, 0.29) is 6.04 Å². The van der Waals surface area contributed by atoms with Crippen LogP contribution in [0.3, 0.4) is 0 Å². The number of nitrogens with two attached hydrogens (primary N) is 1. The Kier molecular flexibility index (Phi) is 3.52. The van der Waals surface area contributed by atoms with E-state index in [1.807, 2.05) is 18.2 Å². The summed E-state index contributed by atoms with van der Waals surface area (Å²) in [6.45, 7) is 2.63. The normalized spacial score (nSPS) is 18.2. The Morgan fingerprint density at radius 1 is 1.10 bits per heavy atom. The number of para-hydroxylation sites is 1. The van der Waals surface area contributed by atoms with Crippen LogP contribution in [0.5, 0.6) is 0 Å². The number of aryl methyl sites for hydroxylation is 1. The third-order valence-electron chi connectivity index (χ3n) is 3.69. The third-order valence-corrected chi connectivity index (χ3v) is 3.69. The zero-order chi connectivity index (χ0) is 13.9. The van der Waals surface area contributed by atoms with Gasteiger partial charge in [0, 0.05) is 13.0 Å². The van der Waals surface area contributed by atoms with Crippen LogP contribution in [0.1, 0.15) is 23.6 Å². The molecule has 3 nitrogen and oxygen atoms in total. The Hall–Kier alpha value is -2.13. The van der Waals surface area contributed by atoms with Crippen molar-refractivity contribution in [2.24, 2.45) is 10.8 Å². The second-order valence-electron chi connectivity index (χ2n) is 5.18. The fraction of sp³-hybridized carbons (Fsp3) is 0.235. The molecule has 1 atom stereocenters. The number of hydrogen-bond acceptors (Lipinski definition) is 3. The number of rotatable bonds is 3. The average Bonchev–Trinajstić information content (AvgIpc) is 2.93. The van der Waals surface area contributed by atoms with Crippen molar-refractivity contribution < 1.29 is 0 Å². The Morgan fingerprint density at radius 3 is 2.45 bits per heavy atom. The molecule has 1 unspecified atom stereocenters. The highest BCUT2D eigenvalue weighted by Gasteiger charge is 2.28. The Morgan fingerprint density at radius 2 is 1.80 bits per heavy atom. The van der Waals surface area contributed by atoms with Gasteiger partial charge in [-0.05, 0) is 24.6 Å². The van der Waals surface area contributed by atoms with Gasteiger partial charge in [-0.25, -0.2) is 0 Å². The zero-order valence-corrected chi connectivity index (χ0v) is 11.7. The Labute approximate surface area is 119 Å². The maximum atomic E-state index is 5.78. The first kappa shape index (κ1) is 12.9. The minimum atomic E-state index is 0.247. The van der Waals surface area contributed by atoms with E-state index in [1.165, 1.54) is 11.1 Å². The van der Waals surface area contributed by atoms with Gasteiger partial charge in [0.1, 0.15) is 0 Å². The van der Waals surface area contributed by atoms with Gasteiger partial charge in [-0.3, -0.25) is 5.01 Å². The molecular weight excluding hydrogens is 246 g/mol. The van der Waals surface area contributed by atoms with E-state index in [2.05, 4.69) is 53.4 Å². The van der Waals surface area contributed by atoms with E-state index < -0.39 is 0 Å². The summed E-state index contributed by atoms with van der Waals surface area (Å²) < 4.78 is 0. The molecule has 0 saturated heterocycles. The quantitative estimate of drug-likeness (QED) is 0.925. The topological polar surface area (TPSA) is 41.6 Å². The Bertz CT molecular complexity index is 602. The lowest BCUT2D eigenvalue weighted by atomic mass is 10.0. The van der Waals surface area contributed by atoms with Crippen molar-refractivity contribution in [3.63, 3.8) is 0 Å². The molecule has 0 bridgehead atoms. The molecule has 0 aromatic heterocycles. The van der Waals surface area contributed by atoms with E-state index in [1.54, 1.807) is 0 Å². The van der Waals surface area contributed by atoms with Gasteiger partial charge in [0.2, 0.25) is 0 Å². The summed E-state index contributed by atoms with van der Waals surface area (Å²) in [5.41, 5.74) is 10.5. The van der Waals surface area contributed by atoms with Crippen molar-refractivity contribution in [3.05, 3.63) is 65.7 Å². The molecule has 0 aliphatic carbocycles. The van der Waals surface area contributed by atoms with E-state index >= 15 is 0 Å². The van der Waals surface area contributed by atoms with Crippen molar-refractivity contribution >= 4 is 11.4 Å². The fourth-order valence-corrected chi connectivity index (χ4v) is 2.56. The molecular formula is C17H19N3. The van der Waals surface area contributed by atoms with Crippen LogP contribution < -0.4 is 10.7 Å². The minimum absolute atomic E-state index is 0.247. The number of hydrazone groups is 1. The van der Waals surface area contributed by atoms with Gasteiger partial charge in [-0.2, -0.15) is 5.10 Å². The molecule has 3 rings (SSSR count). The van der Waals surface area contributed by atoms with Crippen molar-refractivity contribution in [2.75, 3.05) is 11.6 Å². The molecule has 3 heteroatoms. The molecule has 0 saturated carbocycles. The van der Waals surface area contributed by atoms with Gasteiger partial charge in [0.15, 0.2) is 0 Å². The number of hydrogen-bond donors (Lipinski definition) is 1. The molecule has 1 heterocycles. The number of anilines is 1. The van der Waals surface area contributed by atoms with Crippen LogP contribution in [0.2, 0.25) is 0 Å². The van der Waals surface area contributed by atoms with Crippen LogP contribution >= 0.6 is 0 Å². The maximum absolute atomic E-state index is 5.78. The van der Waals surface area contributed by atoms with Gasteiger partial charge >= 0.3 is 0 Å². The predicted molar refractivity (Wildman–Crippen MR) is 83.9 cm³/mol. The Balaban J connectivity index is 1.95. The predicted octanol–water partition coefficient (Wildman–Crippen LogP) is 3.26. The summed E-state index contributed by atoms with van der Waals surface area (Å²) in [5.74, 6) is 0.